The lowest BCUT2D eigenvalue weighted by molar-refractivity contribution is -0.186. The van der Waals surface area contributed by atoms with E-state index < -0.39 is 24.8 Å². The van der Waals surface area contributed by atoms with Gasteiger partial charge in [-0.15, -0.1) is 0 Å². The summed E-state index contributed by atoms with van der Waals surface area (Å²) in [5.74, 6) is -4.28. The average molecular weight is 162 g/mol. The summed E-state index contributed by atoms with van der Waals surface area (Å²) < 4.78 is 56.4. The van der Waals surface area contributed by atoms with E-state index in [4.69, 9.17) is 0 Å². The molecule has 0 aromatic heterocycles. The minimum atomic E-state index is -5.00. The fraction of sp³-hybridized carbons (Fsp3) is 0.750. The molecule has 1 nitrogen and oxygen atoms in total. The van der Waals surface area contributed by atoms with Crippen molar-refractivity contribution in [3.8, 4) is 0 Å². The van der Waals surface area contributed by atoms with Crippen molar-refractivity contribution < 1.29 is 26.7 Å². The van der Waals surface area contributed by atoms with Gasteiger partial charge in [0, 0.05) is 0 Å². The Morgan fingerprint density at radius 3 is 1.60 bits per heavy atom. The highest BCUT2D eigenvalue weighted by Crippen LogP contribution is 2.29. The number of carbonyl (C=O) groups excluding carboxylic acids is 1. The molecule has 0 saturated carbocycles. The van der Waals surface area contributed by atoms with Crippen molar-refractivity contribution in [2.24, 2.45) is 0 Å². The van der Waals surface area contributed by atoms with Crippen LogP contribution in [0.4, 0.5) is 22.0 Å². The molecule has 0 aliphatic heterocycles. The highest BCUT2D eigenvalue weighted by atomic mass is 19.4. The van der Waals surface area contributed by atoms with Crippen LogP contribution in [-0.2, 0) is 4.79 Å². The Hall–Kier alpha value is -0.680. The maximum atomic E-state index is 11.6. The van der Waals surface area contributed by atoms with Crippen LogP contribution in [-0.4, -0.2) is 18.4 Å². The Balaban J connectivity index is 4.01. The van der Waals surface area contributed by atoms with Crippen LogP contribution in [0.1, 0.15) is 6.42 Å². The van der Waals surface area contributed by atoms with E-state index in [1.807, 2.05) is 0 Å². The molecule has 0 atom stereocenters. The van der Waals surface area contributed by atoms with Crippen LogP contribution in [0, 0.1) is 0 Å². The smallest absolute Gasteiger partial charge is 0.297 e. The molecule has 0 bridgehead atoms. The molecule has 0 spiro atoms. The SMILES string of the molecule is O=CC(F)(F)CC(F)(F)F. The average Bonchev–Trinajstić information content (AvgIpc) is 1.60. The number of alkyl halides is 5. The lowest BCUT2D eigenvalue weighted by atomic mass is 10.2. The molecule has 0 saturated heterocycles. The van der Waals surface area contributed by atoms with Crippen molar-refractivity contribution in [1.82, 2.24) is 0 Å². The van der Waals surface area contributed by atoms with Crippen LogP contribution in [0.15, 0.2) is 0 Å². The fourth-order valence-electron chi connectivity index (χ4n) is 0.309. The van der Waals surface area contributed by atoms with Gasteiger partial charge in [0.25, 0.3) is 0 Å². The van der Waals surface area contributed by atoms with E-state index in [1.54, 1.807) is 0 Å². The Kier molecular flexibility index (Phi) is 2.34. The fourth-order valence-corrected chi connectivity index (χ4v) is 0.309. The van der Waals surface area contributed by atoms with E-state index in [0.29, 0.717) is 0 Å². The van der Waals surface area contributed by atoms with Crippen LogP contribution in [0.5, 0.6) is 0 Å². The zero-order chi connectivity index (χ0) is 8.41. The van der Waals surface area contributed by atoms with Crippen molar-refractivity contribution in [2.75, 3.05) is 0 Å². The van der Waals surface area contributed by atoms with Gasteiger partial charge in [0.05, 0.1) is 0 Å². The molecule has 6 heteroatoms. The molecule has 0 heterocycles. The van der Waals surface area contributed by atoms with E-state index in [-0.39, 0.29) is 0 Å². The molecule has 10 heavy (non-hydrogen) atoms. The molecule has 0 aromatic carbocycles. The van der Waals surface area contributed by atoms with Crippen LogP contribution in [0.2, 0.25) is 0 Å². The van der Waals surface area contributed by atoms with Crippen LogP contribution >= 0.6 is 0 Å². The summed E-state index contributed by atoms with van der Waals surface area (Å²) in [6, 6.07) is 0. The molecule has 0 aliphatic rings. The molecule has 0 N–H and O–H groups in total. The third-order valence-corrected chi connectivity index (χ3v) is 0.609. The van der Waals surface area contributed by atoms with Crippen molar-refractivity contribution >= 4 is 6.29 Å². The zero-order valence-electron chi connectivity index (χ0n) is 4.58. The summed E-state index contributed by atoms with van der Waals surface area (Å²) in [5, 5.41) is 0. The maximum Gasteiger partial charge on any atom is 0.395 e. The summed E-state index contributed by atoms with van der Waals surface area (Å²) >= 11 is 0. The summed E-state index contributed by atoms with van der Waals surface area (Å²) in [7, 11) is 0. The third-order valence-electron chi connectivity index (χ3n) is 0.609. The highest BCUT2D eigenvalue weighted by molar-refractivity contribution is 5.59. The van der Waals surface area contributed by atoms with Crippen molar-refractivity contribution in [1.29, 1.82) is 0 Å². The van der Waals surface area contributed by atoms with Crippen LogP contribution in [0.3, 0.4) is 0 Å². The summed E-state index contributed by atoms with van der Waals surface area (Å²) in [4.78, 5) is 9.25. The molecule has 0 unspecified atom stereocenters. The molecule has 0 aliphatic carbocycles. The summed E-state index contributed by atoms with van der Waals surface area (Å²) in [6.45, 7) is 0. The first-order valence-corrected chi connectivity index (χ1v) is 2.18. The molecule has 0 rings (SSSR count). The van der Waals surface area contributed by atoms with Gasteiger partial charge in [-0.3, -0.25) is 4.79 Å². The first-order valence-electron chi connectivity index (χ1n) is 2.18. The minimum absolute atomic E-state index is 1.01. The van der Waals surface area contributed by atoms with Gasteiger partial charge in [0.15, 0.2) is 6.29 Å². The van der Waals surface area contributed by atoms with Crippen molar-refractivity contribution in [3.05, 3.63) is 0 Å². The second kappa shape index (κ2) is 2.51. The molecule has 0 radical (unpaired) electrons. The van der Waals surface area contributed by atoms with Crippen LogP contribution in [0.25, 0.3) is 0 Å². The summed E-state index contributed by atoms with van der Waals surface area (Å²) in [6.07, 6.45) is -8.39. The topological polar surface area (TPSA) is 17.1 Å². The molecule has 60 valence electrons. The molecule has 0 fully saturated rings. The van der Waals surface area contributed by atoms with Gasteiger partial charge in [0.1, 0.15) is 6.42 Å². The number of hydrogen-bond donors (Lipinski definition) is 0. The van der Waals surface area contributed by atoms with Crippen LogP contribution < -0.4 is 0 Å². The zero-order valence-corrected chi connectivity index (χ0v) is 4.58. The number of rotatable bonds is 2. The van der Waals surface area contributed by atoms with Gasteiger partial charge >= 0.3 is 12.1 Å². The Morgan fingerprint density at radius 1 is 1.10 bits per heavy atom. The molecular formula is C4H3F5O. The van der Waals surface area contributed by atoms with Crippen molar-refractivity contribution in [3.63, 3.8) is 0 Å². The van der Waals surface area contributed by atoms with E-state index in [2.05, 4.69) is 0 Å². The Bertz CT molecular complexity index is 126. The predicted octanol–water partition coefficient (Wildman–Crippen LogP) is 1.77. The molecule has 0 amide bonds. The Morgan fingerprint density at radius 2 is 1.50 bits per heavy atom. The first kappa shape index (κ1) is 9.32. The van der Waals surface area contributed by atoms with E-state index in [9.17, 15) is 26.7 Å². The quantitative estimate of drug-likeness (QED) is 0.446. The third kappa shape index (κ3) is 4.22. The molecule has 0 aromatic rings. The number of halogens is 5. The van der Waals surface area contributed by atoms with E-state index in [0.717, 1.165) is 0 Å². The van der Waals surface area contributed by atoms with Gasteiger partial charge in [-0.05, 0) is 0 Å². The van der Waals surface area contributed by atoms with Gasteiger partial charge in [-0.1, -0.05) is 0 Å². The first-order chi connectivity index (χ1) is 4.27. The lowest BCUT2D eigenvalue weighted by Gasteiger charge is -2.10. The largest absolute Gasteiger partial charge is 0.395 e. The monoisotopic (exact) mass is 162 g/mol. The number of hydrogen-bond acceptors (Lipinski definition) is 1. The Labute approximate surface area is 52.8 Å². The maximum absolute atomic E-state index is 11.6. The second-order valence-corrected chi connectivity index (χ2v) is 1.67. The molecular weight excluding hydrogens is 159 g/mol. The second-order valence-electron chi connectivity index (χ2n) is 1.67. The van der Waals surface area contributed by atoms with E-state index in [1.165, 1.54) is 0 Å². The summed E-state index contributed by atoms with van der Waals surface area (Å²) in [5.41, 5.74) is 0. The lowest BCUT2D eigenvalue weighted by Crippen LogP contribution is -2.26. The standard InChI is InChI=1S/C4H3F5O/c5-3(6,2-10)1-4(7,8)9/h2H,1H2. The number of carbonyl (C=O) groups is 1. The van der Waals surface area contributed by atoms with Gasteiger partial charge in [-0.2, -0.15) is 22.0 Å². The van der Waals surface area contributed by atoms with Gasteiger partial charge < -0.3 is 0 Å². The minimum Gasteiger partial charge on any atom is -0.297 e. The van der Waals surface area contributed by atoms with Gasteiger partial charge in [0.2, 0.25) is 0 Å². The van der Waals surface area contributed by atoms with Crippen molar-refractivity contribution in [2.45, 2.75) is 18.5 Å². The van der Waals surface area contributed by atoms with E-state index >= 15 is 0 Å². The van der Waals surface area contributed by atoms with Gasteiger partial charge in [-0.25, -0.2) is 0 Å². The normalized spacial score (nSPS) is 13.3. The predicted molar refractivity (Wildman–Crippen MR) is 21.7 cm³/mol. The number of aldehydes is 1. The highest BCUT2D eigenvalue weighted by Gasteiger charge is 2.43.